The molecule has 30 heavy (non-hydrogen) atoms. The van der Waals surface area contributed by atoms with Crippen LogP contribution in [0.15, 0.2) is 35.3 Å². The summed E-state index contributed by atoms with van der Waals surface area (Å²) >= 11 is 0. The average Bonchev–Trinajstić information content (AvgIpc) is 2.98. The fourth-order valence-electron chi connectivity index (χ4n) is 3.51. The predicted octanol–water partition coefficient (Wildman–Crippen LogP) is 3.85. The van der Waals surface area contributed by atoms with E-state index < -0.39 is 0 Å². The Morgan fingerprint density at radius 1 is 1.17 bits per heavy atom. The van der Waals surface area contributed by atoms with Gasteiger partial charge in [0.1, 0.15) is 12.4 Å². The Labute approximate surface area is 197 Å². The molecule has 1 aliphatic rings. The molecule has 1 aliphatic heterocycles. The van der Waals surface area contributed by atoms with Gasteiger partial charge in [0.25, 0.3) is 0 Å². The fourth-order valence-corrected chi connectivity index (χ4v) is 3.51. The summed E-state index contributed by atoms with van der Waals surface area (Å²) in [6.45, 7) is 8.06. The van der Waals surface area contributed by atoms with Crippen LogP contribution < -0.4 is 10.6 Å². The van der Waals surface area contributed by atoms with Crippen molar-refractivity contribution in [2.75, 3.05) is 19.7 Å². The molecule has 0 fully saturated rings. The Morgan fingerprint density at radius 2 is 2.00 bits per heavy atom. The molecule has 2 heterocycles. The van der Waals surface area contributed by atoms with Gasteiger partial charge in [-0.25, -0.2) is 4.99 Å². The third kappa shape index (κ3) is 7.54. The Kier molecular flexibility index (Phi) is 11.1. The Hall–Kier alpha value is -1.68. The number of guanidine groups is 1. The summed E-state index contributed by atoms with van der Waals surface area (Å²) < 4.78 is 8.19. The van der Waals surface area contributed by atoms with Gasteiger partial charge in [-0.1, -0.05) is 36.8 Å². The molecule has 1 atom stereocenters. The number of hydrogen-bond donors (Lipinski definition) is 2. The number of benzene rings is 1. The number of ether oxygens (including phenoxy) is 1. The zero-order valence-electron chi connectivity index (χ0n) is 18.1. The lowest BCUT2D eigenvalue weighted by molar-refractivity contribution is 0.0646. The Bertz CT molecular complexity index is 764. The molecule has 0 saturated heterocycles. The van der Waals surface area contributed by atoms with Gasteiger partial charge >= 0.3 is 0 Å². The van der Waals surface area contributed by atoms with Gasteiger partial charge in [-0.15, -0.1) is 34.2 Å². The highest BCUT2D eigenvalue weighted by atomic mass is 127. The van der Waals surface area contributed by atoms with E-state index >= 15 is 0 Å². The first-order chi connectivity index (χ1) is 14.3. The fraction of sp³-hybridized carbons (Fsp3) is 0.591. The van der Waals surface area contributed by atoms with Gasteiger partial charge in [0, 0.05) is 32.7 Å². The molecule has 166 valence electrons. The first kappa shape index (κ1) is 24.6. The standard InChI is InChI=1S/C22H34N6O.HI/c1-3-23-22(24-14-10-16-29-18(2)19-11-6-4-7-12-19)25-17-21-27-26-20-13-8-5-9-15-28(20)21;/h4,6-7,11-12,18H,3,5,8-10,13-17H2,1-2H3,(H2,23,24,25);1H. The summed E-state index contributed by atoms with van der Waals surface area (Å²) in [6.07, 6.45) is 5.72. The van der Waals surface area contributed by atoms with Crippen LogP contribution in [0.1, 0.15) is 62.8 Å². The van der Waals surface area contributed by atoms with E-state index in [0.717, 1.165) is 50.1 Å². The van der Waals surface area contributed by atoms with Crippen molar-refractivity contribution in [1.29, 1.82) is 0 Å². The second-order valence-corrected chi connectivity index (χ2v) is 7.39. The minimum absolute atomic E-state index is 0. The molecule has 1 aromatic heterocycles. The van der Waals surface area contributed by atoms with Gasteiger partial charge < -0.3 is 19.9 Å². The first-order valence-corrected chi connectivity index (χ1v) is 10.9. The van der Waals surface area contributed by atoms with Crippen molar-refractivity contribution >= 4 is 29.9 Å². The molecular formula is C22H35IN6O. The molecule has 2 aromatic rings. The molecule has 1 unspecified atom stereocenters. The van der Waals surface area contributed by atoms with Crippen molar-refractivity contribution in [2.45, 2.75) is 65.1 Å². The van der Waals surface area contributed by atoms with Crippen LogP contribution in [0.4, 0.5) is 0 Å². The van der Waals surface area contributed by atoms with Crippen LogP contribution in [-0.4, -0.2) is 40.4 Å². The molecule has 8 heteroatoms. The highest BCUT2D eigenvalue weighted by Crippen LogP contribution is 2.16. The molecular weight excluding hydrogens is 491 g/mol. The van der Waals surface area contributed by atoms with Crippen LogP contribution in [0.5, 0.6) is 0 Å². The average molecular weight is 526 g/mol. The van der Waals surface area contributed by atoms with E-state index in [2.05, 4.69) is 51.4 Å². The van der Waals surface area contributed by atoms with Gasteiger partial charge in [-0.2, -0.15) is 0 Å². The van der Waals surface area contributed by atoms with Gasteiger partial charge in [0.2, 0.25) is 0 Å². The van der Waals surface area contributed by atoms with E-state index in [1.807, 2.05) is 18.2 Å². The molecule has 0 amide bonds. The smallest absolute Gasteiger partial charge is 0.191 e. The minimum Gasteiger partial charge on any atom is -0.374 e. The van der Waals surface area contributed by atoms with Crippen molar-refractivity contribution in [2.24, 2.45) is 4.99 Å². The molecule has 0 radical (unpaired) electrons. The number of nitrogens with one attached hydrogen (secondary N) is 2. The number of aromatic nitrogens is 3. The van der Waals surface area contributed by atoms with Crippen LogP contribution in [0.3, 0.4) is 0 Å². The molecule has 0 bridgehead atoms. The highest BCUT2D eigenvalue weighted by molar-refractivity contribution is 14.0. The van der Waals surface area contributed by atoms with E-state index in [0.29, 0.717) is 13.2 Å². The van der Waals surface area contributed by atoms with E-state index in [9.17, 15) is 0 Å². The zero-order chi connectivity index (χ0) is 20.3. The number of halogens is 1. The third-order valence-corrected chi connectivity index (χ3v) is 5.16. The second-order valence-electron chi connectivity index (χ2n) is 7.39. The lowest BCUT2D eigenvalue weighted by atomic mass is 10.1. The van der Waals surface area contributed by atoms with Gasteiger partial charge in [0.05, 0.1) is 6.10 Å². The zero-order valence-corrected chi connectivity index (χ0v) is 20.5. The Balaban J connectivity index is 0.00000320. The summed E-state index contributed by atoms with van der Waals surface area (Å²) in [5, 5.41) is 15.4. The van der Waals surface area contributed by atoms with E-state index in [1.165, 1.54) is 24.8 Å². The maximum absolute atomic E-state index is 5.94. The maximum atomic E-state index is 5.94. The van der Waals surface area contributed by atoms with Crippen LogP contribution in [-0.2, 0) is 24.2 Å². The van der Waals surface area contributed by atoms with Crippen molar-refractivity contribution in [1.82, 2.24) is 25.4 Å². The summed E-state index contributed by atoms with van der Waals surface area (Å²) in [6, 6.07) is 10.3. The number of fused-ring (bicyclic) bond motifs is 1. The maximum Gasteiger partial charge on any atom is 0.191 e. The van der Waals surface area contributed by atoms with Crippen LogP contribution in [0, 0.1) is 0 Å². The van der Waals surface area contributed by atoms with Crippen molar-refractivity contribution in [3.63, 3.8) is 0 Å². The first-order valence-electron chi connectivity index (χ1n) is 10.9. The van der Waals surface area contributed by atoms with Crippen molar-refractivity contribution < 1.29 is 4.74 Å². The van der Waals surface area contributed by atoms with Gasteiger partial charge in [0.15, 0.2) is 11.8 Å². The number of nitrogens with zero attached hydrogens (tertiary/aromatic N) is 4. The van der Waals surface area contributed by atoms with Gasteiger partial charge in [-0.3, -0.25) is 0 Å². The predicted molar refractivity (Wildman–Crippen MR) is 131 cm³/mol. The summed E-state index contributed by atoms with van der Waals surface area (Å²) in [5.74, 6) is 2.88. The van der Waals surface area contributed by atoms with Gasteiger partial charge in [-0.05, 0) is 38.7 Å². The quantitative estimate of drug-likeness (QED) is 0.225. The van der Waals surface area contributed by atoms with E-state index in [-0.39, 0.29) is 30.1 Å². The molecule has 0 aliphatic carbocycles. The second kappa shape index (κ2) is 13.6. The summed E-state index contributed by atoms with van der Waals surface area (Å²) in [7, 11) is 0. The van der Waals surface area contributed by atoms with Crippen LogP contribution in [0.25, 0.3) is 0 Å². The molecule has 2 N–H and O–H groups in total. The Morgan fingerprint density at radius 3 is 2.80 bits per heavy atom. The highest BCUT2D eigenvalue weighted by Gasteiger charge is 2.14. The SMILES string of the molecule is CCNC(=NCc1nnc2n1CCCCC2)NCCCOC(C)c1ccccc1.I. The molecule has 3 rings (SSSR count). The lowest BCUT2D eigenvalue weighted by Gasteiger charge is -2.14. The lowest BCUT2D eigenvalue weighted by Crippen LogP contribution is -2.38. The number of rotatable bonds is 9. The number of hydrogen-bond acceptors (Lipinski definition) is 4. The largest absolute Gasteiger partial charge is 0.374 e. The van der Waals surface area contributed by atoms with Crippen molar-refractivity contribution in [3.05, 3.63) is 47.5 Å². The number of aryl methyl sites for hydroxylation is 1. The van der Waals surface area contributed by atoms with Crippen molar-refractivity contribution in [3.8, 4) is 0 Å². The molecule has 1 aromatic carbocycles. The number of aliphatic imine (C=N–C) groups is 1. The molecule has 7 nitrogen and oxygen atoms in total. The minimum atomic E-state index is 0. The van der Waals surface area contributed by atoms with E-state index in [1.54, 1.807) is 0 Å². The monoisotopic (exact) mass is 526 g/mol. The van der Waals surface area contributed by atoms with Crippen LogP contribution >= 0.6 is 24.0 Å². The molecule has 0 spiro atoms. The normalized spacial score (nSPS) is 14.9. The third-order valence-electron chi connectivity index (χ3n) is 5.16. The topological polar surface area (TPSA) is 76.4 Å². The van der Waals surface area contributed by atoms with Crippen LogP contribution in [0.2, 0.25) is 0 Å². The summed E-state index contributed by atoms with van der Waals surface area (Å²) in [5.41, 5.74) is 1.21. The van der Waals surface area contributed by atoms with E-state index in [4.69, 9.17) is 9.73 Å². The summed E-state index contributed by atoms with van der Waals surface area (Å²) in [4.78, 5) is 4.71. The molecule has 0 saturated carbocycles.